The van der Waals surface area contributed by atoms with Crippen molar-refractivity contribution in [2.75, 3.05) is 12.3 Å². The summed E-state index contributed by atoms with van der Waals surface area (Å²) in [5.41, 5.74) is 8.23. The van der Waals surface area contributed by atoms with Crippen LogP contribution in [-0.4, -0.2) is 17.4 Å². The highest BCUT2D eigenvalue weighted by Gasteiger charge is 2.14. The Labute approximate surface area is 134 Å². The van der Waals surface area contributed by atoms with E-state index in [4.69, 9.17) is 10.7 Å². The fourth-order valence-electron chi connectivity index (χ4n) is 2.74. The first kappa shape index (κ1) is 15.0. The molecule has 1 aliphatic rings. The number of benzene rings is 1. The Morgan fingerprint density at radius 1 is 1.32 bits per heavy atom. The fraction of sp³-hybridized carbons (Fsp3) is 0.412. The van der Waals surface area contributed by atoms with E-state index >= 15 is 0 Å². The van der Waals surface area contributed by atoms with E-state index in [1.165, 1.54) is 34.8 Å². The zero-order valence-corrected chi connectivity index (χ0v) is 13.4. The van der Waals surface area contributed by atoms with Gasteiger partial charge >= 0.3 is 0 Å². The number of aryl methyl sites for hydroxylation is 3. The maximum Gasteiger partial charge on any atom is 0.251 e. The van der Waals surface area contributed by atoms with Crippen molar-refractivity contribution < 1.29 is 4.79 Å². The number of aromatic nitrogens is 1. The third kappa shape index (κ3) is 3.65. The number of rotatable bonds is 5. The SMILES string of the molecule is Nc1cccc(C(=O)NCCCc2nc3c(s2)CCCC3)c1. The Kier molecular flexibility index (Phi) is 4.73. The van der Waals surface area contributed by atoms with Crippen LogP contribution in [0.4, 0.5) is 5.69 Å². The van der Waals surface area contributed by atoms with Crippen molar-refractivity contribution in [2.24, 2.45) is 0 Å². The summed E-state index contributed by atoms with van der Waals surface area (Å²) in [5, 5.41) is 4.15. The molecule has 116 valence electrons. The minimum atomic E-state index is -0.0641. The second-order valence-corrected chi connectivity index (χ2v) is 6.84. The maximum absolute atomic E-state index is 12.0. The number of nitrogens with two attached hydrogens (primary N) is 1. The molecule has 0 aliphatic heterocycles. The van der Waals surface area contributed by atoms with Crippen LogP contribution in [0, 0.1) is 0 Å². The molecule has 1 aliphatic carbocycles. The second kappa shape index (κ2) is 6.92. The summed E-state index contributed by atoms with van der Waals surface area (Å²) in [7, 11) is 0. The Morgan fingerprint density at radius 3 is 3.00 bits per heavy atom. The van der Waals surface area contributed by atoms with Gasteiger partial charge in [0.1, 0.15) is 0 Å². The Bertz CT molecular complexity index is 642. The third-order valence-electron chi connectivity index (χ3n) is 3.89. The predicted octanol–water partition coefficient (Wildman–Crippen LogP) is 2.97. The molecule has 5 heteroatoms. The summed E-state index contributed by atoms with van der Waals surface area (Å²) in [5.74, 6) is -0.0641. The Morgan fingerprint density at radius 2 is 2.18 bits per heavy atom. The average molecular weight is 315 g/mol. The fourth-order valence-corrected chi connectivity index (χ4v) is 3.93. The van der Waals surface area contributed by atoms with Crippen LogP contribution in [0.25, 0.3) is 0 Å². The number of fused-ring (bicyclic) bond motifs is 1. The molecule has 1 aromatic heterocycles. The van der Waals surface area contributed by atoms with Crippen molar-refractivity contribution in [2.45, 2.75) is 38.5 Å². The van der Waals surface area contributed by atoms with Gasteiger partial charge in [-0.2, -0.15) is 0 Å². The van der Waals surface area contributed by atoms with Gasteiger partial charge in [-0.05, 0) is 50.3 Å². The van der Waals surface area contributed by atoms with E-state index < -0.39 is 0 Å². The summed E-state index contributed by atoms with van der Waals surface area (Å²) >= 11 is 1.85. The van der Waals surface area contributed by atoms with E-state index in [2.05, 4.69) is 5.32 Å². The lowest BCUT2D eigenvalue weighted by atomic mass is 10.0. The smallest absolute Gasteiger partial charge is 0.251 e. The highest BCUT2D eigenvalue weighted by Crippen LogP contribution is 2.27. The summed E-state index contributed by atoms with van der Waals surface area (Å²) in [6.45, 7) is 0.665. The molecule has 0 saturated heterocycles. The number of nitrogens with zero attached hydrogens (tertiary/aromatic N) is 1. The quantitative estimate of drug-likeness (QED) is 0.658. The molecule has 0 bridgehead atoms. The molecule has 2 aromatic rings. The van der Waals surface area contributed by atoms with E-state index in [1.54, 1.807) is 24.3 Å². The van der Waals surface area contributed by atoms with Crippen molar-refractivity contribution in [1.29, 1.82) is 0 Å². The van der Waals surface area contributed by atoms with Crippen molar-refractivity contribution in [3.63, 3.8) is 0 Å². The van der Waals surface area contributed by atoms with Crippen LogP contribution in [0.2, 0.25) is 0 Å². The predicted molar refractivity (Wildman–Crippen MR) is 90.3 cm³/mol. The van der Waals surface area contributed by atoms with E-state index in [-0.39, 0.29) is 5.91 Å². The molecule has 0 fully saturated rings. The molecule has 0 radical (unpaired) electrons. The lowest BCUT2D eigenvalue weighted by Gasteiger charge is -2.06. The number of carbonyl (C=O) groups excluding carboxylic acids is 1. The van der Waals surface area contributed by atoms with Crippen LogP contribution in [0.3, 0.4) is 0 Å². The van der Waals surface area contributed by atoms with Gasteiger partial charge in [0.05, 0.1) is 10.7 Å². The molecule has 0 spiro atoms. The van der Waals surface area contributed by atoms with Crippen molar-refractivity contribution in [3.8, 4) is 0 Å². The van der Waals surface area contributed by atoms with Gasteiger partial charge in [-0.15, -0.1) is 11.3 Å². The van der Waals surface area contributed by atoms with Gasteiger partial charge in [-0.1, -0.05) is 6.07 Å². The van der Waals surface area contributed by atoms with Gasteiger partial charge in [0.15, 0.2) is 0 Å². The summed E-state index contributed by atoms with van der Waals surface area (Å²) < 4.78 is 0. The lowest BCUT2D eigenvalue weighted by molar-refractivity contribution is 0.0953. The first-order valence-electron chi connectivity index (χ1n) is 7.83. The summed E-state index contributed by atoms with van der Waals surface area (Å²) in [4.78, 5) is 18.2. The van der Waals surface area contributed by atoms with E-state index in [0.717, 1.165) is 19.3 Å². The van der Waals surface area contributed by atoms with Crippen LogP contribution < -0.4 is 11.1 Å². The molecule has 1 heterocycles. The zero-order valence-electron chi connectivity index (χ0n) is 12.6. The average Bonchev–Trinajstić information content (AvgIpc) is 2.94. The van der Waals surface area contributed by atoms with E-state index in [9.17, 15) is 4.79 Å². The highest BCUT2D eigenvalue weighted by molar-refractivity contribution is 7.11. The molecular weight excluding hydrogens is 294 g/mol. The molecular formula is C17H21N3OS. The number of hydrogen-bond donors (Lipinski definition) is 2. The monoisotopic (exact) mass is 315 g/mol. The number of anilines is 1. The lowest BCUT2D eigenvalue weighted by Crippen LogP contribution is -2.24. The number of thiazole rings is 1. The molecule has 1 aromatic carbocycles. The molecule has 3 N–H and O–H groups in total. The minimum absolute atomic E-state index is 0.0641. The normalized spacial score (nSPS) is 13.6. The van der Waals surface area contributed by atoms with E-state index in [0.29, 0.717) is 17.8 Å². The Hall–Kier alpha value is -1.88. The highest BCUT2D eigenvalue weighted by atomic mass is 32.1. The van der Waals surface area contributed by atoms with Crippen LogP contribution in [0.1, 0.15) is 45.2 Å². The number of amides is 1. The first-order chi connectivity index (χ1) is 10.7. The van der Waals surface area contributed by atoms with Gasteiger partial charge in [0, 0.05) is 29.1 Å². The largest absolute Gasteiger partial charge is 0.399 e. The van der Waals surface area contributed by atoms with Crippen LogP contribution >= 0.6 is 11.3 Å². The van der Waals surface area contributed by atoms with Crippen molar-refractivity contribution in [3.05, 3.63) is 45.4 Å². The number of nitrogen functional groups attached to an aromatic ring is 1. The molecule has 0 saturated carbocycles. The van der Waals surface area contributed by atoms with Crippen LogP contribution in [-0.2, 0) is 19.3 Å². The molecule has 0 atom stereocenters. The Balaban J connectivity index is 1.45. The second-order valence-electron chi connectivity index (χ2n) is 5.67. The van der Waals surface area contributed by atoms with Crippen LogP contribution in [0.5, 0.6) is 0 Å². The first-order valence-corrected chi connectivity index (χ1v) is 8.65. The van der Waals surface area contributed by atoms with E-state index in [1.807, 2.05) is 11.3 Å². The standard InChI is InChI=1S/C17H21N3OS/c18-13-6-3-5-12(11-13)17(21)19-10-4-9-16-20-14-7-1-2-8-15(14)22-16/h3,5-6,11H,1-2,4,7-10,18H2,(H,19,21). The molecule has 0 unspecified atom stereocenters. The summed E-state index contributed by atoms with van der Waals surface area (Å²) in [6, 6.07) is 7.05. The van der Waals surface area contributed by atoms with Gasteiger partial charge in [0.2, 0.25) is 0 Å². The molecule has 4 nitrogen and oxygen atoms in total. The van der Waals surface area contributed by atoms with Gasteiger partial charge < -0.3 is 11.1 Å². The number of carbonyl (C=O) groups is 1. The molecule has 1 amide bonds. The van der Waals surface area contributed by atoms with Crippen LogP contribution in [0.15, 0.2) is 24.3 Å². The topological polar surface area (TPSA) is 68.0 Å². The van der Waals surface area contributed by atoms with Gasteiger partial charge in [0.25, 0.3) is 5.91 Å². The zero-order chi connectivity index (χ0) is 15.4. The molecule has 22 heavy (non-hydrogen) atoms. The third-order valence-corrected chi connectivity index (χ3v) is 5.11. The number of nitrogens with one attached hydrogen (secondary N) is 1. The van der Waals surface area contributed by atoms with Crippen molar-refractivity contribution in [1.82, 2.24) is 10.3 Å². The van der Waals surface area contributed by atoms with Crippen molar-refractivity contribution >= 4 is 22.9 Å². The minimum Gasteiger partial charge on any atom is -0.399 e. The maximum atomic E-state index is 12.0. The van der Waals surface area contributed by atoms with Gasteiger partial charge in [-0.3, -0.25) is 4.79 Å². The summed E-state index contributed by atoms with van der Waals surface area (Å²) in [6.07, 6.45) is 6.75. The number of hydrogen-bond acceptors (Lipinski definition) is 4. The molecule has 3 rings (SSSR count). The van der Waals surface area contributed by atoms with Gasteiger partial charge in [-0.25, -0.2) is 4.98 Å².